The van der Waals surface area contributed by atoms with Gasteiger partial charge in [0, 0.05) is 11.6 Å². The van der Waals surface area contributed by atoms with E-state index >= 15 is 0 Å². The van der Waals surface area contributed by atoms with Gasteiger partial charge in [0.1, 0.15) is 16.5 Å². The second kappa shape index (κ2) is 5.73. The van der Waals surface area contributed by atoms with Crippen molar-refractivity contribution in [2.24, 2.45) is 0 Å². The first kappa shape index (κ1) is 15.0. The number of non-ortho nitro benzene ring substituents is 1. The van der Waals surface area contributed by atoms with Gasteiger partial charge in [0.15, 0.2) is 0 Å². The molecule has 0 atom stereocenters. The molecular formula is C15H10FN3O3S. The molecule has 2 heterocycles. The van der Waals surface area contributed by atoms with E-state index in [1.807, 2.05) is 0 Å². The third kappa shape index (κ3) is 2.88. The number of allylic oxidation sites excluding steroid dienone is 1. The largest absolute Gasteiger partial charge is 0.306 e. The molecule has 23 heavy (non-hydrogen) atoms. The van der Waals surface area contributed by atoms with E-state index in [0.29, 0.717) is 21.6 Å². The Kier molecular flexibility index (Phi) is 3.75. The van der Waals surface area contributed by atoms with Crippen molar-refractivity contribution >= 4 is 38.9 Å². The molecule has 3 rings (SSSR count). The number of fused-ring (bicyclic) bond motifs is 1. The molecule has 0 fully saturated rings. The normalized spacial score (nSPS) is 11.8. The minimum Gasteiger partial charge on any atom is -0.306 e. The Morgan fingerprint density at radius 3 is 2.91 bits per heavy atom. The topological polar surface area (TPSA) is 88.9 Å². The summed E-state index contributed by atoms with van der Waals surface area (Å²) >= 11 is 1.34. The highest BCUT2D eigenvalue weighted by Crippen LogP contribution is 2.22. The summed E-state index contributed by atoms with van der Waals surface area (Å²) in [6, 6.07) is 5.09. The van der Waals surface area contributed by atoms with E-state index in [1.54, 1.807) is 18.4 Å². The molecule has 0 unspecified atom stereocenters. The van der Waals surface area contributed by atoms with Gasteiger partial charge in [0.05, 0.1) is 16.4 Å². The molecule has 3 aromatic rings. The van der Waals surface area contributed by atoms with Gasteiger partial charge in [-0.1, -0.05) is 0 Å². The van der Waals surface area contributed by atoms with Gasteiger partial charge in [-0.25, -0.2) is 9.37 Å². The van der Waals surface area contributed by atoms with E-state index in [4.69, 9.17) is 0 Å². The van der Waals surface area contributed by atoms with E-state index in [9.17, 15) is 19.3 Å². The summed E-state index contributed by atoms with van der Waals surface area (Å²) in [6.45, 7) is 1.68. The first-order chi connectivity index (χ1) is 11.0. The van der Waals surface area contributed by atoms with Crippen LogP contribution in [0.5, 0.6) is 0 Å². The Bertz CT molecular complexity index is 1010. The first-order valence-corrected chi connectivity index (χ1v) is 7.44. The zero-order valence-electron chi connectivity index (χ0n) is 11.9. The van der Waals surface area contributed by atoms with Gasteiger partial charge in [-0.15, -0.1) is 11.3 Å². The number of rotatable bonds is 3. The maximum absolute atomic E-state index is 13.9. The van der Waals surface area contributed by atoms with Crippen LogP contribution in [-0.2, 0) is 0 Å². The molecule has 0 radical (unpaired) electrons. The van der Waals surface area contributed by atoms with Crippen molar-refractivity contribution in [1.82, 2.24) is 9.97 Å². The quantitative estimate of drug-likeness (QED) is 0.586. The van der Waals surface area contributed by atoms with Gasteiger partial charge in [-0.2, -0.15) is 0 Å². The number of aromatic nitrogens is 2. The fraction of sp³-hybridized carbons (Fsp3) is 0.0667. The highest BCUT2D eigenvalue weighted by atomic mass is 32.1. The average Bonchev–Trinajstić information content (AvgIpc) is 2.98. The van der Waals surface area contributed by atoms with Crippen molar-refractivity contribution in [2.75, 3.05) is 0 Å². The van der Waals surface area contributed by atoms with Crippen molar-refractivity contribution in [2.45, 2.75) is 6.92 Å². The zero-order chi connectivity index (χ0) is 16.6. The zero-order valence-corrected chi connectivity index (χ0v) is 12.7. The number of nitro groups is 1. The third-order valence-electron chi connectivity index (χ3n) is 3.28. The standard InChI is InChI=1S/C15H10FN3O3S/c1-8(6-9-2-3-10(19(21)22)7-12(9)16)13-17-14(20)11-4-5-23-15(11)18-13/h2-7H,1H3,(H,17,18,20). The Labute approximate surface area is 133 Å². The SMILES string of the molecule is CC(=Cc1ccc([N+](=O)[O-])cc1F)c1nc2sccc2c(=O)[nH]1. The smallest absolute Gasteiger partial charge is 0.272 e. The number of hydrogen-bond donors (Lipinski definition) is 1. The van der Waals surface area contributed by atoms with E-state index in [0.717, 1.165) is 6.07 Å². The maximum Gasteiger partial charge on any atom is 0.272 e. The molecule has 0 aliphatic rings. The van der Waals surface area contributed by atoms with Crippen molar-refractivity contribution in [3.63, 3.8) is 0 Å². The molecule has 1 N–H and O–H groups in total. The van der Waals surface area contributed by atoms with Crippen LogP contribution in [0.2, 0.25) is 0 Å². The first-order valence-electron chi connectivity index (χ1n) is 6.56. The Hall–Kier alpha value is -2.87. The lowest BCUT2D eigenvalue weighted by molar-refractivity contribution is -0.385. The summed E-state index contributed by atoms with van der Waals surface area (Å²) in [5.41, 5.74) is 0.152. The predicted molar refractivity (Wildman–Crippen MR) is 86.8 cm³/mol. The van der Waals surface area contributed by atoms with Crippen LogP contribution in [0.1, 0.15) is 18.3 Å². The van der Waals surface area contributed by atoms with Crippen LogP contribution in [0.3, 0.4) is 0 Å². The van der Waals surface area contributed by atoms with Crippen molar-refractivity contribution in [1.29, 1.82) is 0 Å². The van der Waals surface area contributed by atoms with E-state index < -0.39 is 10.7 Å². The molecule has 1 aromatic carbocycles. The number of thiophene rings is 1. The fourth-order valence-electron chi connectivity index (χ4n) is 2.10. The average molecular weight is 331 g/mol. The molecule has 2 aromatic heterocycles. The maximum atomic E-state index is 13.9. The van der Waals surface area contributed by atoms with E-state index in [2.05, 4.69) is 9.97 Å². The van der Waals surface area contributed by atoms with Crippen molar-refractivity contribution in [3.8, 4) is 0 Å². The van der Waals surface area contributed by atoms with Gasteiger partial charge >= 0.3 is 0 Å². The number of nitro benzene ring substituents is 1. The lowest BCUT2D eigenvalue weighted by Gasteiger charge is -2.03. The van der Waals surface area contributed by atoms with Crippen LogP contribution in [0.15, 0.2) is 34.4 Å². The minimum absolute atomic E-state index is 0.182. The molecular weight excluding hydrogens is 321 g/mol. The Balaban J connectivity index is 2.04. The van der Waals surface area contributed by atoms with Crippen molar-refractivity contribution in [3.05, 3.63) is 67.3 Å². The van der Waals surface area contributed by atoms with E-state index in [-0.39, 0.29) is 16.8 Å². The van der Waals surface area contributed by atoms with E-state index in [1.165, 1.54) is 29.5 Å². The minimum atomic E-state index is -0.710. The van der Waals surface area contributed by atoms with Gasteiger partial charge in [0.25, 0.3) is 11.2 Å². The molecule has 6 nitrogen and oxygen atoms in total. The second-order valence-corrected chi connectivity index (χ2v) is 5.74. The lowest BCUT2D eigenvalue weighted by Crippen LogP contribution is -2.09. The molecule has 0 aliphatic carbocycles. The molecule has 0 spiro atoms. The van der Waals surface area contributed by atoms with Crippen LogP contribution in [0, 0.1) is 15.9 Å². The summed E-state index contributed by atoms with van der Waals surface area (Å²) in [4.78, 5) is 29.5. The number of aromatic amines is 1. The number of nitrogens with zero attached hydrogens (tertiary/aromatic N) is 2. The van der Waals surface area contributed by atoms with Crippen molar-refractivity contribution < 1.29 is 9.31 Å². The summed E-state index contributed by atoms with van der Waals surface area (Å²) in [7, 11) is 0. The summed E-state index contributed by atoms with van der Waals surface area (Å²) in [6.07, 6.45) is 1.48. The van der Waals surface area contributed by atoms with Crippen LogP contribution in [0.4, 0.5) is 10.1 Å². The second-order valence-electron chi connectivity index (χ2n) is 4.84. The van der Waals surface area contributed by atoms with Gasteiger partial charge in [-0.3, -0.25) is 14.9 Å². The molecule has 0 saturated heterocycles. The molecule has 0 amide bonds. The highest BCUT2D eigenvalue weighted by Gasteiger charge is 2.11. The molecule has 0 saturated carbocycles. The van der Waals surface area contributed by atoms with Crippen LogP contribution < -0.4 is 5.56 Å². The Morgan fingerprint density at radius 2 is 2.22 bits per heavy atom. The van der Waals surface area contributed by atoms with Crippen LogP contribution >= 0.6 is 11.3 Å². The number of H-pyrrole nitrogens is 1. The van der Waals surface area contributed by atoms with Crippen LogP contribution in [0.25, 0.3) is 21.9 Å². The summed E-state index contributed by atoms with van der Waals surface area (Å²) < 4.78 is 13.9. The highest BCUT2D eigenvalue weighted by molar-refractivity contribution is 7.16. The number of hydrogen-bond acceptors (Lipinski definition) is 5. The van der Waals surface area contributed by atoms with Gasteiger partial charge in [0.2, 0.25) is 0 Å². The third-order valence-corrected chi connectivity index (χ3v) is 4.08. The lowest BCUT2D eigenvalue weighted by atomic mass is 10.1. The Morgan fingerprint density at radius 1 is 1.43 bits per heavy atom. The molecule has 116 valence electrons. The number of halogens is 1. The fourth-order valence-corrected chi connectivity index (χ4v) is 2.86. The monoisotopic (exact) mass is 331 g/mol. The summed E-state index contributed by atoms with van der Waals surface area (Å²) in [5.74, 6) is -0.374. The number of nitrogens with one attached hydrogen (secondary N) is 1. The number of benzene rings is 1. The molecule has 8 heteroatoms. The predicted octanol–water partition coefficient (Wildman–Crippen LogP) is 3.59. The van der Waals surface area contributed by atoms with Gasteiger partial charge in [-0.05, 0) is 36.1 Å². The summed E-state index contributed by atoms with van der Waals surface area (Å²) in [5, 5.41) is 12.9. The van der Waals surface area contributed by atoms with Crippen LogP contribution in [-0.4, -0.2) is 14.9 Å². The molecule has 0 bridgehead atoms. The molecule has 0 aliphatic heterocycles. The van der Waals surface area contributed by atoms with Gasteiger partial charge < -0.3 is 4.98 Å².